The van der Waals surface area contributed by atoms with Gasteiger partial charge in [0.15, 0.2) is 5.65 Å². The molecule has 186 valence electrons. The number of aliphatic imine (C=N–C) groups is 1. The molecule has 0 spiro atoms. The first-order valence-corrected chi connectivity index (χ1v) is 12.2. The number of allylic oxidation sites excluding steroid dienone is 1. The van der Waals surface area contributed by atoms with Crippen molar-refractivity contribution in [2.75, 3.05) is 31.6 Å². The molecule has 1 saturated heterocycles. The van der Waals surface area contributed by atoms with Crippen molar-refractivity contribution in [3.63, 3.8) is 0 Å². The summed E-state index contributed by atoms with van der Waals surface area (Å²) < 4.78 is 22.4. The van der Waals surface area contributed by atoms with Gasteiger partial charge in [-0.15, -0.1) is 5.92 Å². The van der Waals surface area contributed by atoms with Crippen LogP contribution in [0.1, 0.15) is 57.0 Å². The molecule has 1 atom stereocenters. The number of aryl methyl sites for hydroxylation is 2. The van der Waals surface area contributed by atoms with Crippen LogP contribution in [0.15, 0.2) is 27.5 Å². The highest BCUT2D eigenvalue weighted by Gasteiger charge is 2.34. The van der Waals surface area contributed by atoms with Crippen molar-refractivity contribution in [3.05, 3.63) is 39.5 Å². The van der Waals surface area contributed by atoms with E-state index in [1.165, 1.54) is 0 Å². The Labute approximate surface area is 206 Å². The van der Waals surface area contributed by atoms with Crippen LogP contribution in [0.3, 0.4) is 0 Å². The maximum atomic E-state index is 14.6. The minimum Gasteiger partial charge on any atom is -0.370 e. The number of pyridine rings is 1. The van der Waals surface area contributed by atoms with E-state index >= 15 is 0 Å². The number of hydrogen-bond donors (Lipinski definition) is 0. The summed E-state index contributed by atoms with van der Waals surface area (Å²) in [5.74, 6) is 5.85. The quantitative estimate of drug-likeness (QED) is 0.488. The summed E-state index contributed by atoms with van der Waals surface area (Å²) in [6.07, 6.45) is 5.36. The molecule has 0 N–H and O–H groups in total. The van der Waals surface area contributed by atoms with Gasteiger partial charge in [0, 0.05) is 38.0 Å². The first-order chi connectivity index (χ1) is 16.7. The molecule has 1 saturated carbocycles. The van der Waals surface area contributed by atoms with E-state index in [0.29, 0.717) is 62.2 Å². The summed E-state index contributed by atoms with van der Waals surface area (Å²) in [5.41, 5.74) is 3.04. The largest absolute Gasteiger partial charge is 0.370 e. The molecule has 0 aromatic carbocycles. The predicted molar refractivity (Wildman–Crippen MR) is 138 cm³/mol. The van der Waals surface area contributed by atoms with Crippen molar-refractivity contribution in [2.24, 2.45) is 4.99 Å². The molecule has 2 aromatic rings. The van der Waals surface area contributed by atoms with Crippen LogP contribution in [0.25, 0.3) is 11.2 Å². The van der Waals surface area contributed by atoms with Crippen LogP contribution in [0.5, 0.6) is 0 Å². The zero-order chi connectivity index (χ0) is 25.2. The highest BCUT2D eigenvalue weighted by atomic mass is 19.1. The van der Waals surface area contributed by atoms with Gasteiger partial charge in [0.2, 0.25) is 0 Å². The molecule has 7 nitrogen and oxygen atoms in total. The Morgan fingerprint density at radius 1 is 1.29 bits per heavy atom. The van der Waals surface area contributed by atoms with Crippen molar-refractivity contribution in [1.29, 1.82) is 0 Å². The molecule has 0 bridgehead atoms. The van der Waals surface area contributed by atoms with Gasteiger partial charge < -0.3 is 9.64 Å². The fourth-order valence-electron chi connectivity index (χ4n) is 4.91. The molecule has 4 rings (SSSR count). The molecule has 8 heteroatoms. The summed E-state index contributed by atoms with van der Waals surface area (Å²) in [4.78, 5) is 29.7. The summed E-state index contributed by atoms with van der Waals surface area (Å²) in [6.45, 7) is 8.80. The van der Waals surface area contributed by atoms with Gasteiger partial charge in [-0.05, 0) is 65.5 Å². The van der Waals surface area contributed by atoms with Crippen molar-refractivity contribution >= 4 is 23.1 Å². The van der Waals surface area contributed by atoms with E-state index in [1.807, 2.05) is 26.0 Å². The van der Waals surface area contributed by atoms with E-state index in [9.17, 15) is 9.18 Å². The van der Waals surface area contributed by atoms with E-state index in [4.69, 9.17) is 14.7 Å². The fourth-order valence-corrected chi connectivity index (χ4v) is 4.91. The van der Waals surface area contributed by atoms with Gasteiger partial charge in [0.05, 0.1) is 18.0 Å². The number of alkyl halides is 1. The van der Waals surface area contributed by atoms with Gasteiger partial charge >= 0.3 is 0 Å². The smallest absolute Gasteiger partial charge is 0.276 e. The van der Waals surface area contributed by atoms with Gasteiger partial charge in [-0.25, -0.2) is 14.4 Å². The maximum absolute atomic E-state index is 14.6. The van der Waals surface area contributed by atoms with E-state index in [-0.39, 0.29) is 17.7 Å². The summed E-state index contributed by atoms with van der Waals surface area (Å²) in [5, 5.41) is 0. The van der Waals surface area contributed by atoms with Crippen molar-refractivity contribution in [2.45, 2.75) is 71.2 Å². The highest BCUT2D eigenvalue weighted by molar-refractivity contribution is 5.81. The minimum atomic E-state index is -1.19. The number of aromatic nitrogens is 3. The van der Waals surface area contributed by atoms with E-state index in [2.05, 4.69) is 21.7 Å². The number of ether oxygens (including phenoxy) is 1. The second-order valence-corrected chi connectivity index (χ2v) is 9.68. The Bertz CT molecular complexity index is 1270. The Kier molecular flexibility index (Phi) is 7.36. The third-order valence-corrected chi connectivity index (χ3v) is 7.06. The molecule has 0 radical (unpaired) electrons. The van der Waals surface area contributed by atoms with Gasteiger partial charge in [-0.1, -0.05) is 5.92 Å². The van der Waals surface area contributed by atoms with E-state index < -0.39 is 5.67 Å². The lowest BCUT2D eigenvalue weighted by Gasteiger charge is -2.36. The minimum absolute atomic E-state index is 0.105. The average molecular weight is 480 g/mol. The van der Waals surface area contributed by atoms with Gasteiger partial charge in [-0.3, -0.25) is 14.4 Å². The van der Waals surface area contributed by atoms with Crippen LogP contribution < -0.4 is 10.5 Å². The van der Waals surface area contributed by atoms with Crippen LogP contribution in [0, 0.1) is 25.7 Å². The van der Waals surface area contributed by atoms with Gasteiger partial charge in [0.1, 0.15) is 23.0 Å². The van der Waals surface area contributed by atoms with Crippen LogP contribution in [0.4, 0.5) is 10.1 Å². The second-order valence-electron chi connectivity index (χ2n) is 9.68. The molecule has 1 aliphatic heterocycles. The third-order valence-electron chi connectivity index (χ3n) is 7.06. The Morgan fingerprint density at radius 3 is 2.69 bits per heavy atom. The van der Waals surface area contributed by atoms with Crippen LogP contribution >= 0.6 is 0 Å². The number of rotatable bonds is 4. The number of nitrogens with zero attached hydrogens (tertiary/aromatic N) is 5. The first kappa shape index (κ1) is 25.1. The van der Waals surface area contributed by atoms with Crippen LogP contribution in [-0.2, 0) is 4.74 Å². The van der Waals surface area contributed by atoms with Crippen LogP contribution in [0.2, 0.25) is 0 Å². The lowest BCUT2D eigenvalue weighted by Crippen LogP contribution is -2.46. The molecular weight excluding hydrogens is 445 g/mol. The normalized spacial score (nSPS) is 25.7. The summed E-state index contributed by atoms with van der Waals surface area (Å²) >= 11 is 0. The molecule has 3 heterocycles. The zero-order valence-electron chi connectivity index (χ0n) is 21.3. The van der Waals surface area contributed by atoms with E-state index in [0.717, 1.165) is 17.0 Å². The molecular formula is C27H34FN5O2. The van der Waals surface area contributed by atoms with Crippen molar-refractivity contribution in [1.82, 2.24) is 14.5 Å². The molecule has 2 fully saturated rings. The standard InChI is InChI=1S/C27H34FN5O2/c1-6-7-8-20(16-29-5)24-17-32(13-14-35-24)23-15-22-25(31-19(3)18(2)30-22)33(26(23)34)21-9-11-27(4,28)12-10-21/h8,15-16,21,24H,9-14,17H2,1-5H3/b20-8+,29-16?. The molecule has 2 aromatic heterocycles. The number of morpholine rings is 1. The average Bonchev–Trinajstić information content (AvgIpc) is 2.83. The topological polar surface area (TPSA) is 72.6 Å². The van der Waals surface area contributed by atoms with Crippen LogP contribution in [-0.4, -0.2) is 59.3 Å². The third kappa shape index (κ3) is 5.30. The molecule has 1 unspecified atom stereocenters. The fraction of sp³-hybridized carbons (Fsp3) is 0.556. The van der Waals surface area contributed by atoms with E-state index in [1.54, 1.807) is 31.7 Å². The molecule has 0 amide bonds. The number of fused-ring (bicyclic) bond motifs is 1. The lowest BCUT2D eigenvalue weighted by molar-refractivity contribution is 0.0679. The van der Waals surface area contributed by atoms with Crippen molar-refractivity contribution < 1.29 is 9.13 Å². The Balaban J connectivity index is 1.79. The lowest BCUT2D eigenvalue weighted by atomic mass is 9.84. The predicted octanol–water partition coefficient (Wildman–Crippen LogP) is 4.11. The van der Waals surface area contributed by atoms with Gasteiger partial charge in [0.25, 0.3) is 5.56 Å². The van der Waals surface area contributed by atoms with Gasteiger partial charge in [-0.2, -0.15) is 0 Å². The second kappa shape index (κ2) is 10.3. The number of anilines is 1. The first-order valence-electron chi connectivity index (χ1n) is 12.2. The summed E-state index contributed by atoms with van der Waals surface area (Å²) in [6, 6.07) is 1.74. The zero-order valence-corrected chi connectivity index (χ0v) is 21.3. The molecule has 1 aliphatic carbocycles. The Morgan fingerprint density at radius 2 is 2.00 bits per heavy atom. The highest BCUT2D eigenvalue weighted by Crippen LogP contribution is 2.38. The SMILES string of the molecule is CC#C/C=C(\C=NC)C1CN(c2cc3nc(C)c(C)nc3n(C3CCC(C)(F)CC3)c2=O)CCO1. The number of halogens is 1. The van der Waals surface area contributed by atoms with Crippen molar-refractivity contribution in [3.8, 4) is 11.8 Å². The Hall–Kier alpha value is -3.05. The molecule has 35 heavy (non-hydrogen) atoms. The summed E-state index contributed by atoms with van der Waals surface area (Å²) in [7, 11) is 1.71. The molecule has 2 aliphatic rings. The maximum Gasteiger partial charge on any atom is 0.276 e. The number of hydrogen-bond acceptors (Lipinski definition) is 6. The monoisotopic (exact) mass is 479 g/mol.